The molecule has 1 aromatic carbocycles. The number of hydrogen-bond donors (Lipinski definition) is 2. The summed E-state index contributed by atoms with van der Waals surface area (Å²) in [4.78, 5) is 0. The third kappa shape index (κ3) is 3.29. The predicted molar refractivity (Wildman–Crippen MR) is 70.7 cm³/mol. The van der Waals surface area contributed by atoms with Gasteiger partial charge in [-0.25, -0.2) is 0 Å². The van der Waals surface area contributed by atoms with Gasteiger partial charge in [0.1, 0.15) is 6.26 Å². The normalized spacial score (nSPS) is 11.8. The molecule has 0 bridgehead atoms. The molecule has 4 nitrogen and oxygen atoms in total. The molecule has 2 N–H and O–H groups in total. The van der Waals surface area contributed by atoms with Crippen molar-refractivity contribution < 1.29 is 4.52 Å². The molecule has 0 aliphatic carbocycles. The van der Waals surface area contributed by atoms with Crippen molar-refractivity contribution in [3.8, 4) is 0 Å². The van der Waals surface area contributed by atoms with E-state index in [1.165, 1.54) is 11.8 Å². The summed E-state index contributed by atoms with van der Waals surface area (Å²) in [6, 6.07) is 11.9. The summed E-state index contributed by atoms with van der Waals surface area (Å²) in [5.74, 6) is 0.600. The maximum Gasteiger partial charge on any atom is 0.175 e. The van der Waals surface area contributed by atoms with Crippen LogP contribution in [0, 0.1) is 0 Å². The summed E-state index contributed by atoms with van der Waals surface area (Å²) in [6.45, 7) is 2.05. The Kier molecular flexibility index (Phi) is 3.72. The van der Waals surface area contributed by atoms with Gasteiger partial charge < -0.3 is 15.2 Å². The van der Waals surface area contributed by atoms with Gasteiger partial charge in [-0.05, 0) is 24.7 Å². The Morgan fingerprint density at radius 1 is 1.29 bits per heavy atom. The zero-order valence-corrected chi connectivity index (χ0v) is 10.2. The lowest BCUT2D eigenvalue weighted by Crippen LogP contribution is -2.30. The lowest BCUT2D eigenvalue weighted by atomic mass is 10.1. The molecule has 2 aromatic rings. The number of hydrogen-bond acceptors (Lipinski definition) is 3. The molecule has 0 saturated heterocycles. The molecular formula is C12H13N3OS. The van der Waals surface area contributed by atoms with Crippen LogP contribution in [0.25, 0.3) is 0 Å². The van der Waals surface area contributed by atoms with Crippen molar-refractivity contribution in [2.45, 2.75) is 13.0 Å². The Bertz CT molecular complexity index is 470. The minimum Gasteiger partial charge on any atom is -0.363 e. The highest BCUT2D eigenvalue weighted by molar-refractivity contribution is 7.80. The van der Waals surface area contributed by atoms with E-state index in [1.54, 1.807) is 6.07 Å². The van der Waals surface area contributed by atoms with Crippen LogP contribution in [0.4, 0.5) is 5.82 Å². The molecule has 0 aliphatic rings. The average Bonchev–Trinajstić information content (AvgIpc) is 2.82. The van der Waals surface area contributed by atoms with Crippen LogP contribution in [-0.2, 0) is 0 Å². The van der Waals surface area contributed by atoms with Crippen LogP contribution in [0.1, 0.15) is 18.5 Å². The van der Waals surface area contributed by atoms with E-state index in [4.69, 9.17) is 16.7 Å². The van der Waals surface area contributed by atoms with E-state index in [0.717, 1.165) is 0 Å². The predicted octanol–water partition coefficient (Wildman–Crippen LogP) is 2.72. The van der Waals surface area contributed by atoms with E-state index in [-0.39, 0.29) is 6.04 Å². The number of nitrogens with one attached hydrogen (secondary N) is 2. The zero-order valence-electron chi connectivity index (χ0n) is 9.38. The van der Waals surface area contributed by atoms with Crippen molar-refractivity contribution >= 4 is 23.1 Å². The molecule has 0 fully saturated rings. The largest absolute Gasteiger partial charge is 0.363 e. The lowest BCUT2D eigenvalue weighted by molar-refractivity contribution is 0.423. The average molecular weight is 247 g/mol. The second-order valence-electron chi connectivity index (χ2n) is 3.62. The molecule has 1 atom stereocenters. The first-order chi connectivity index (χ1) is 8.25. The van der Waals surface area contributed by atoms with Crippen LogP contribution in [0.5, 0.6) is 0 Å². The number of anilines is 1. The minimum atomic E-state index is 0.142. The molecule has 5 heteroatoms. The van der Waals surface area contributed by atoms with Gasteiger partial charge in [0.05, 0.1) is 6.04 Å². The first kappa shape index (κ1) is 11.6. The standard InChI is InChI=1S/C12H13N3OS/c1-9(10-5-3-2-4-6-10)13-12(17)14-11-7-8-16-15-11/h2-9H,1H3,(H2,13,14,15,17). The van der Waals surface area contributed by atoms with E-state index < -0.39 is 0 Å². The van der Waals surface area contributed by atoms with Crippen molar-refractivity contribution in [1.29, 1.82) is 0 Å². The second kappa shape index (κ2) is 5.45. The Hall–Kier alpha value is -1.88. The smallest absolute Gasteiger partial charge is 0.175 e. The maximum atomic E-state index is 5.17. The van der Waals surface area contributed by atoms with Gasteiger partial charge in [-0.3, -0.25) is 0 Å². The molecule has 88 valence electrons. The first-order valence-corrected chi connectivity index (χ1v) is 5.69. The highest BCUT2D eigenvalue weighted by Gasteiger charge is 2.07. The molecule has 0 radical (unpaired) electrons. The topological polar surface area (TPSA) is 50.1 Å². The summed E-state index contributed by atoms with van der Waals surface area (Å²) >= 11 is 5.17. The van der Waals surface area contributed by atoms with Gasteiger partial charge in [-0.1, -0.05) is 35.5 Å². The van der Waals surface area contributed by atoms with Crippen molar-refractivity contribution in [3.63, 3.8) is 0 Å². The number of thiocarbonyl (C=S) groups is 1. The number of rotatable bonds is 3. The zero-order chi connectivity index (χ0) is 12.1. The van der Waals surface area contributed by atoms with E-state index >= 15 is 0 Å². The molecule has 0 aliphatic heterocycles. The van der Waals surface area contributed by atoms with Crippen LogP contribution in [-0.4, -0.2) is 10.3 Å². The molecule has 0 amide bonds. The Labute approximate surface area is 105 Å². The van der Waals surface area contributed by atoms with Crippen molar-refractivity contribution in [2.75, 3.05) is 5.32 Å². The first-order valence-electron chi connectivity index (χ1n) is 5.28. The Balaban J connectivity index is 1.91. The molecule has 1 aromatic heterocycles. The summed E-state index contributed by atoms with van der Waals surface area (Å²) in [6.07, 6.45) is 1.49. The molecule has 0 saturated carbocycles. The lowest BCUT2D eigenvalue weighted by Gasteiger charge is -2.16. The summed E-state index contributed by atoms with van der Waals surface area (Å²) in [7, 11) is 0. The van der Waals surface area contributed by atoms with Gasteiger partial charge in [0.25, 0.3) is 0 Å². The second-order valence-corrected chi connectivity index (χ2v) is 4.02. The van der Waals surface area contributed by atoms with Crippen LogP contribution < -0.4 is 10.6 Å². The Morgan fingerprint density at radius 3 is 2.71 bits per heavy atom. The van der Waals surface area contributed by atoms with Gasteiger partial charge in [0.15, 0.2) is 10.9 Å². The highest BCUT2D eigenvalue weighted by Crippen LogP contribution is 2.11. The van der Waals surface area contributed by atoms with Crippen molar-refractivity contribution in [1.82, 2.24) is 10.5 Å². The van der Waals surface area contributed by atoms with E-state index in [1.807, 2.05) is 25.1 Å². The van der Waals surface area contributed by atoms with Crippen molar-refractivity contribution in [2.24, 2.45) is 0 Å². The van der Waals surface area contributed by atoms with Crippen LogP contribution in [0.15, 0.2) is 47.2 Å². The van der Waals surface area contributed by atoms with Gasteiger partial charge in [-0.15, -0.1) is 0 Å². The fourth-order valence-corrected chi connectivity index (χ4v) is 1.73. The summed E-state index contributed by atoms with van der Waals surface area (Å²) < 4.78 is 4.71. The van der Waals surface area contributed by atoms with Gasteiger partial charge in [-0.2, -0.15) is 0 Å². The Morgan fingerprint density at radius 2 is 2.06 bits per heavy atom. The van der Waals surface area contributed by atoms with Gasteiger partial charge >= 0.3 is 0 Å². The van der Waals surface area contributed by atoms with Crippen LogP contribution in [0.2, 0.25) is 0 Å². The van der Waals surface area contributed by atoms with Gasteiger partial charge in [0.2, 0.25) is 0 Å². The summed E-state index contributed by atoms with van der Waals surface area (Å²) in [5.41, 5.74) is 1.18. The molecule has 2 rings (SSSR count). The highest BCUT2D eigenvalue weighted by atomic mass is 32.1. The third-order valence-corrected chi connectivity index (χ3v) is 2.55. The molecular weight excluding hydrogens is 234 g/mol. The maximum absolute atomic E-state index is 5.17. The van der Waals surface area contributed by atoms with E-state index in [2.05, 4.69) is 27.9 Å². The fraction of sp³-hybridized carbons (Fsp3) is 0.167. The molecule has 1 unspecified atom stereocenters. The fourth-order valence-electron chi connectivity index (χ4n) is 1.45. The van der Waals surface area contributed by atoms with E-state index in [0.29, 0.717) is 10.9 Å². The van der Waals surface area contributed by atoms with Crippen LogP contribution >= 0.6 is 12.2 Å². The van der Waals surface area contributed by atoms with E-state index in [9.17, 15) is 0 Å². The monoisotopic (exact) mass is 247 g/mol. The molecule has 1 heterocycles. The SMILES string of the molecule is CC(NC(=S)Nc1ccon1)c1ccccc1. The number of aromatic nitrogens is 1. The minimum absolute atomic E-state index is 0.142. The van der Waals surface area contributed by atoms with Crippen molar-refractivity contribution in [3.05, 3.63) is 48.2 Å². The number of nitrogens with zero attached hydrogens (tertiary/aromatic N) is 1. The van der Waals surface area contributed by atoms with Crippen LogP contribution in [0.3, 0.4) is 0 Å². The summed E-state index contributed by atoms with van der Waals surface area (Å²) in [5, 5.41) is 10.4. The number of benzene rings is 1. The molecule has 0 spiro atoms. The molecule has 17 heavy (non-hydrogen) atoms. The van der Waals surface area contributed by atoms with Gasteiger partial charge in [0, 0.05) is 6.07 Å². The third-order valence-electron chi connectivity index (χ3n) is 2.33. The quantitative estimate of drug-likeness (QED) is 0.817.